The molecule has 0 fully saturated rings. The summed E-state index contributed by atoms with van der Waals surface area (Å²) in [7, 11) is 0. The molecule has 0 aliphatic heterocycles. The van der Waals surface area contributed by atoms with Gasteiger partial charge in [0.1, 0.15) is 0 Å². The van der Waals surface area contributed by atoms with Crippen LogP contribution in [0.2, 0.25) is 0 Å². The van der Waals surface area contributed by atoms with Crippen LogP contribution in [0, 0.1) is 0 Å². The van der Waals surface area contributed by atoms with Gasteiger partial charge in [-0.05, 0) is 37.4 Å². The summed E-state index contributed by atoms with van der Waals surface area (Å²) in [5.41, 5.74) is 10.8. The van der Waals surface area contributed by atoms with Crippen LogP contribution in [0.5, 0.6) is 0 Å². The molecule has 14 heavy (non-hydrogen) atoms. The Morgan fingerprint density at radius 3 is 2.29 bits per heavy atom. The molecule has 5 heteroatoms. The SMILES string of the molecule is NCCCSCC(CO)SCCCN. The second kappa shape index (κ2) is 11.7. The molecule has 0 aliphatic rings. The minimum absolute atomic E-state index is 0.269. The number of hydrogen-bond acceptors (Lipinski definition) is 5. The Morgan fingerprint density at radius 1 is 1.07 bits per heavy atom. The highest BCUT2D eigenvalue weighted by atomic mass is 32.2. The van der Waals surface area contributed by atoms with Gasteiger partial charge in [-0.1, -0.05) is 0 Å². The van der Waals surface area contributed by atoms with Gasteiger partial charge >= 0.3 is 0 Å². The van der Waals surface area contributed by atoms with Crippen molar-refractivity contribution in [1.82, 2.24) is 0 Å². The average molecular weight is 238 g/mol. The molecule has 0 rings (SSSR count). The highest BCUT2D eigenvalue weighted by Crippen LogP contribution is 2.17. The van der Waals surface area contributed by atoms with Gasteiger partial charge in [0.15, 0.2) is 0 Å². The first-order chi connectivity index (χ1) is 6.85. The van der Waals surface area contributed by atoms with Crippen molar-refractivity contribution >= 4 is 23.5 Å². The summed E-state index contributed by atoms with van der Waals surface area (Å²) in [6.07, 6.45) is 2.10. The summed E-state index contributed by atoms with van der Waals surface area (Å²) in [4.78, 5) is 0. The van der Waals surface area contributed by atoms with Crippen LogP contribution in [0.4, 0.5) is 0 Å². The minimum Gasteiger partial charge on any atom is -0.395 e. The third-order valence-electron chi connectivity index (χ3n) is 1.70. The zero-order chi connectivity index (χ0) is 10.6. The minimum atomic E-state index is 0.269. The predicted octanol–water partition coefficient (Wildman–Crippen LogP) is 0.511. The molecule has 0 saturated heterocycles. The van der Waals surface area contributed by atoms with Gasteiger partial charge < -0.3 is 16.6 Å². The Hall–Kier alpha value is 0.580. The molecule has 86 valence electrons. The van der Waals surface area contributed by atoms with E-state index in [1.165, 1.54) is 0 Å². The van der Waals surface area contributed by atoms with Crippen molar-refractivity contribution in [2.45, 2.75) is 18.1 Å². The smallest absolute Gasteiger partial charge is 0.0558 e. The maximum atomic E-state index is 9.09. The van der Waals surface area contributed by atoms with Gasteiger partial charge in [0, 0.05) is 11.0 Å². The van der Waals surface area contributed by atoms with Crippen molar-refractivity contribution in [2.24, 2.45) is 11.5 Å². The standard InChI is InChI=1S/C9H22N2OS2/c10-3-1-5-13-8-9(7-12)14-6-2-4-11/h9,12H,1-8,10-11H2. The van der Waals surface area contributed by atoms with Crippen molar-refractivity contribution in [3.8, 4) is 0 Å². The Morgan fingerprint density at radius 2 is 1.71 bits per heavy atom. The van der Waals surface area contributed by atoms with Crippen LogP contribution in [0.25, 0.3) is 0 Å². The van der Waals surface area contributed by atoms with Crippen molar-refractivity contribution in [1.29, 1.82) is 0 Å². The molecule has 0 heterocycles. The number of nitrogens with two attached hydrogens (primary N) is 2. The molecule has 0 aliphatic carbocycles. The van der Waals surface area contributed by atoms with Gasteiger partial charge in [-0.2, -0.15) is 23.5 Å². The first-order valence-electron chi connectivity index (χ1n) is 5.05. The zero-order valence-corrected chi connectivity index (χ0v) is 10.3. The lowest BCUT2D eigenvalue weighted by Gasteiger charge is -2.12. The molecule has 0 aromatic carbocycles. The van der Waals surface area contributed by atoms with Crippen LogP contribution < -0.4 is 11.5 Å². The van der Waals surface area contributed by atoms with Crippen LogP contribution in [-0.4, -0.2) is 47.3 Å². The third kappa shape index (κ3) is 9.15. The maximum Gasteiger partial charge on any atom is 0.0558 e. The van der Waals surface area contributed by atoms with Crippen LogP contribution in [0.3, 0.4) is 0 Å². The zero-order valence-electron chi connectivity index (χ0n) is 8.65. The van der Waals surface area contributed by atoms with E-state index in [-0.39, 0.29) is 6.61 Å². The number of aliphatic hydroxyl groups is 1. The normalized spacial score (nSPS) is 13.1. The summed E-state index contributed by atoms with van der Waals surface area (Å²) in [5, 5.41) is 9.46. The van der Waals surface area contributed by atoms with Crippen molar-refractivity contribution < 1.29 is 5.11 Å². The van der Waals surface area contributed by atoms with Gasteiger partial charge in [0.2, 0.25) is 0 Å². The Kier molecular flexibility index (Phi) is 12.1. The first-order valence-corrected chi connectivity index (χ1v) is 7.25. The second-order valence-corrected chi connectivity index (χ2v) is 5.59. The van der Waals surface area contributed by atoms with Crippen LogP contribution >= 0.6 is 23.5 Å². The van der Waals surface area contributed by atoms with E-state index in [0.29, 0.717) is 5.25 Å². The number of thioether (sulfide) groups is 2. The fourth-order valence-corrected chi connectivity index (χ4v) is 3.24. The van der Waals surface area contributed by atoms with Crippen molar-refractivity contribution in [3.63, 3.8) is 0 Å². The molecule has 1 unspecified atom stereocenters. The molecule has 3 nitrogen and oxygen atoms in total. The molecule has 0 aromatic heterocycles. The molecule has 1 atom stereocenters. The third-order valence-corrected chi connectivity index (χ3v) is 4.44. The second-order valence-electron chi connectivity index (χ2n) is 3.03. The highest BCUT2D eigenvalue weighted by Gasteiger charge is 2.06. The quantitative estimate of drug-likeness (QED) is 0.484. The highest BCUT2D eigenvalue weighted by molar-refractivity contribution is 8.03. The fraction of sp³-hybridized carbons (Fsp3) is 1.00. The molecular formula is C9H22N2OS2. The van der Waals surface area contributed by atoms with Gasteiger partial charge in [-0.15, -0.1) is 0 Å². The lowest BCUT2D eigenvalue weighted by molar-refractivity contribution is 0.301. The Bertz CT molecular complexity index is 117. The van der Waals surface area contributed by atoms with Crippen LogP contribution in [0.15, 0.2) is 0 Å². The van der Waals surface area contributed by atoms with E-state index in [0.717, 1.165) is 43.2 Å². The van der Waals surface area contributed by atoms with Gasteiger partial charge in [-0.3, -0.25) is 0 Å². The van der Waals surface area contributed by atoms with E-state index >= 15 is 0 Å². The summed E-state index contributed by atoms with van der Waals surface area (Å²) >= 11 is 3.70. The molecule has 0 spiro atoms. The summed E-state index contributed by atoms with van der Waals surface area (Å²) < 4.78 is 0. The van der Waals surface area contributed by atoms with E-state index in [9.17, 15) is 0 Å². The number of hydrogen-bond donors (Lipinski definition) is 3. The lowest BCUT2D eigenvalue weighted by Crippen LogP contribution is -2.14. The maximum absolute atomic E-state index is 9.09. The average Bonchev–Trinajstić information content (AvgIpc) is 2.22. The topological polar surface area (TPSA) is 72.3 Å². The monoisotopic (exact) mass is 238 g/mol. The van der Waals surface area contributed by atoms with Crippen molar-refractivity contribution in [2.75, 3.05) is 37.0 Å². The molecule has 0 amide bonds. The predicted molar refractivity (Wildman–Crippen MR) is 68.0 cm³/mol. The number of aliphatic hydroxyl groups excluding tert-OH is 1. The van der Waals surface area contributed by atoms with E-state index < -0.39 is 0 Å². The molecule has 0 radical (unpaired) electrons. The fourth-order valence-electron chi connectivity index (χ4n) is 0.887. The largest absolute Gasteiger partial charge is 0.395 e. The summed E-state index contributed by atoms with van der Waals surface area (Å²) in [5.74, 6) is 3.18. The van der Waals surface area contributed by atoms with Gasteiger partial charge in [0.05, 0.1) is 6.61 Å². The molecule has 0 saturated carbocycles. The van der Waals surface area contributed by atoms with E-state index in [4.69, 9.17) is 16.6 Å². The molecule has 0 aromatic rings. The van der Waals surface area contributed by atoms with Gasteiger partial charge in [-0.25, -0.2) is 0 Å². The lowest BCUT2D eigenvalue weighted by atomic mass is 10.5. The first kappa shape index (κ1) is 14.6. The Balaban J connectivity index is 3.28. The molecule has 5 N–H and O–H groups in total. The summed E-state index contributed by atoms with van der Waals surface area (Å²) in [6.45, 7) is 1.77. The van der Waals surface area contributed by atoms with Crippen molar-refractivity contribution in [3.05, 3.63) is 0 Å². The summed E-state index contributed by atoms with van der Waals surface area (Å²) in [6, 6.07) is 0. The molecular weight excluding hydrogens is 216 g/mol. The Labute approximate surface area is 95.4 Å². The van der Waals surface area contributed by atoms with E-state index in [1.54, 1.807) is 0 Å². The van der Waals surface area contributed by atoms with Crippen LogP contribution in [0.1, 0.15) is 12.8 Å². The van der Waals surface area contributed by atoms with Gasteiger partial charge in [0.25, 0.3) is 0 Å². The number of rotatable bonds is 10. The van der Waals surface area contributed by atoms with Crippen LogP contribution in [-0.2, 0) is 0 Å². The molecule has 0 bridgehead atoms. The van der Waals surface area contributed by atoms with E-state index in [1.807, 2.05) is 23.5 Å². The van der Waals surface area contributed by atoms with E-state index in [2.05, 4.69) is 0 Å².